The average molecular weight is 361 g/mol. The number of halogens is 3. The molecule has 0 bridgehead atoms. The molecule has 3 nitrogen and oxygen atoms in total. The summed E-state index contributed by atoms with van der Waals surface area (Å²) in [5.74, 6) is 0.395. The van der Waals surface area contributed by atoms with Crippen LogP contribution < -0.4 is 9.64 Å². The Morgan fingerprint density at radius 2 is 2.08 bits per heavy atom. The van der Waals surface area contributed by atoms with Crippen molar-refractivity contribution in [1.82, 2.24) is 0 Å². The molecule has 0 unspecified atom stereocenters. The third-order valence-corrected chi connectivity index (χ3v) is 4.28. The number of ether oxygens (including phenoxy) is 1. The number of benzene rings is 2. The van der Waals surface area contributed by atoms with Crippen molar-refractivity contribution in [3.05, 3.63) is 71.3 Å². The molecule has 6 heteroatoms. The Kier molecular flexibility index (Phi) is 4.76. The second kappa shape index (κ2) is 6.86. The number of carbonyl (C=O) groups excluding carboxylic acids is 1. The number of hydrogen-bond donors (Lipinski definition) is 0. The predicted molar refractivity (Wildman–Crippen MR) is 93.2 cm³/mol. The number of nitrogens with zero attached hydrogens (tertiary/aromatic N) is 1. The highest BCUT2D eigenvalue weighted by molar-refractivity contribution is 6.02. The summed E-state index contributed by atoms with van der Waals surface area (Å²) in [5, 5.41) is 0. The standard InChI is InChI=1S/C20H18F3NO2/c1-3-19(25)24-8-7-16-17(24)5-4-6-18(16)26-12-14-9-13(2)10-15(11-14)20(21,22)23/h3-6,9-11H,1,7-8,12H2,2H3. The van der Waals surface area contributed by atoms with Crippen LogP contribution in [0.25, 0.3) is 0 Å². The van der Waals surface area contributed by atoms with Crippen molar-refractivity contribution in [2.75, 3.05) is 11.4 Å². The van der Waals surface area contributed by atoms with E-state index in [0.29, 0.717) is 29.8 Å². The SMILES string of the molecule is C=CC(=O)N1CCc2c(OCc3cc(C)cc(C(F)(F)F)c3)cccc21. The average Bonchev–Trinajstić information content (AvgIpc) is 3.02. The molecule has 1 amide bonds. The number of alkyl halides is 3. The molecule has 0 aromatic heterocycles. The Hall–Kier alpha value is -2.76. The molecule has 0 fully saturated rings. The van der Waals surface area contributed by atoms with Crippen LogP contribution >= 0.6 is 0 Å². The maximum atomic E-state index is 13.0. The van der Waals surface area contributed by atoms with Crippen molar-refractivity contribution in [1.29, 1.82) is 0 Å². The Balaban J connectivity index is 1.82. The molecular weight excluding hydrogens is 343 g/mol. The van der Waals surface area contributed by atoms with E-state index < -0.39 is 11.7 Å². The first kappa shape index (κ1) is 18.0. The van der Waals surface area contributed by atoms with Crippen molar-refractivity contribution in [3.63, 3.8) is 0 Å². The molecule has 0 atom stereocenters. The molecule has 0 spiro atoms. The minimum atomic E-state index is -4.39. The molecule has 0 aliphatic carbocycles. The molecule has 1 aliphatic heterocycles. The van der Waals surface area contributed by atoms with Crippen LogP contribution in [0.3, 0.4) is 0 Å². The van der Waals surface area contributed by atoms with Gasteiger partial charge in [-0.25, -0.2) is 0 Å². The van der Waals surface area contributed by atoms with Gasteiger partial charge < -0.3 is 9.64 Å². The summed E-state index contributed by atoms with van der Waals surface area (Å²) in [7, 11) is 0. The first-order valence-corrected chi connectivity index (χ1v) is 8.16. The predicted octanol–water partition coefficient (Wildman–Crippen LogP) is 4.67. The second-order valence-electron chi connectivity index (χ2n) is 6.19. The topological polar surface area (TPSA) is 29.5 Å². The first-order valence-electron chi connectivity index (χ1n) is 8.16. The molecule has 2 aromatic rings. The van der Waals surface area contributed by atoms with E-state index in [1.54, 1.807) is 30.0 Å². The fourth-order valence-corrected chi connectivity index (χ4v) is 3.15. The first-order chi connectivity index (χ1) is 12.3. The van der Waals surface area contributed by atoms with Crippen LogP contribution in [0.2, 0.25) is 0 Å². The lowest BCUT2D eigenvalue weighted by Crippen LogP contribution is -2.26. The van der Waals surface area contributed by atoms with Crippen molar-refractivity contribution in [3.8, 4) is 5.75 Å². The fourth-order valence-electron chi connectivity index (χ4n) is 3.15. The van der Waals surface area contributed by atoms with E-state index in [-0.39, 0.29) is 12.5 Å². The molecule has 136 valence electrons. The molecule has 3 rings (SSSR count). The van der Waals surface area contributed by atoms with Gasteiger partial charge in [0.15, 0.2) is 0 Å². The van der Waals surface area contributed by atoms with E-state index in [1.807, 2.05) is 6.07 Å². The van der Waals surface area contributed by atoms with Gasteiger partial charge in [-0.15, -0.1) is 0 Å². The third kappa shape index (κ3) is 3.59. The van der Waals surface area contributed by atoms with Gasteiger partial charge in [-0.05, 0) is 49.2 Å². The number of rotatable bonds is 4. The van der Waals surface area contributed by atoms with Gasteiger partial charge >= 0.3 is 6.18 Å². The fraction of sp³-hybridized carbons (Fsp3) is 0.250. The van der Waals surface area contributed by atoms with Gasteiger partial charge in [0.2, 0.25) is 5.91 Å². The second-order valence-corrected chi connectivity index (χ2v) is 6.19. The maximum Gasteiger partial charge on any atom is 0.416 e. The lowest BCUT2D eigenvalue weighted by atomic mass is 10.1. The monoisotopic (exact) mass is 361 g/mol. The molecule has 0 radical (unpaired) electrons. The van der Waals surface area contributed by atoms with Crippen molar-refractivity contribution in [2.45, 2.75) is 26.1 Å². The molecule has 0 saturated heterocycles. The van der Waals surface area contributed by atoms with Gasteiger partial charge in [-0.2, -0.15) is 13.2 Å². The van der Waals surface area contributed by atoms with E-state index in [9.17, 15) is 18.0 Å². The van der Waals surface area contributed by atoms with E-state index in [4.69, 9.17) is 4.74 Å². The molecule has 26 heavy (non-hydrogen) atoms. The Labute approximate surface area is 149 Å². The lowest BCUT2D eigenvalue weighted by molar-refractivity contribution is -0.137. The quantitative estimate of drug-likeness (QED) is 0.741. The molecule has 1 heterocycles. The zero-order valence-corrected chi connectivity index (χ0v) is 14.3. The van der Waals surface area contributed by atoms with E-state index in [1.165, 1.54) is 6.08 Å². The van der Waals surface area contributed by atoms with Crippen molar-refractivity contribution in [2.24, 2.45) is 0 Å². The van der Waals surface area contributed by atoms with Crippen LogP contribution in [-0.4, -0.2) is 12.5 Å². The highest BCUT2D eigenvalue weighted by Crippen LogP contribution is 2.36. The van der Waals surface area contributed by atoms with Crippen molar-refractivity contribution < 1.29 is 22.7 Å². The maximum absolute atomic E-state index is 13.0. The summed E-state index contributed by atoms with van der Waals surface area (Å²) < 4.78 is 44.7. The summed E-state index contributed by atoms with van der Waals surface area (Å²) in [4.78, 5) is 13.5. The van der Waals surface area contributed by atoms with Gasteiger partial charge in [0, 0.05) is 12.1 Å². The number of anilines is 1. The summed E-state index contributed by atoms with van der Waals surface area (Å²) >= 11 is 0. The third-order valence-electron chi connectivity index (χ3n) is 4.28. The summed E-state index contributed by atoms with van der Waals surface area (Å²) in [5.41, 5.74) is 1.93. The highest BCUT2D eigenvalue weighted by Gasteiger charge is 2.31. The number of amides is 1. The molecule has 0 N–H and O–H groups in total. The van der Waals surface area contributed by atoms with Gasteiger partial charge in [0.1, 0.15) is 12.4 Å². The van der Waals surface area contributed by atoms with Gasteiger partial charge in [-0.1, -0.05) is 24.3 Å². The normalized spacial score (nSPS) is 13.5. The summed E-state index contributed by atoms with van der Waals surface area (Å²) in [6.07, 6.45) is -2.50. The number of aryl methyl sites for hydroxylation is 1. The van der Waals surface area contributed by atoms with Crippen LogP contribution in [0.5, 0.6) is 5.75 Å². The van der Waals surface area contributed by atoms with Gasteiger partial charge in [0.05, 0.1) is 11.3 Å². The van der Waals surface area contributed by atoms with Crippen LogP contribution in [-0.2, 0) is 24.0 Å². The smallest absolute Gasteiger partial charge is 0.416 e. The molecule has 1 aliphatic rings. The van der Waals surface area contributed by atoms with Gasteiger partial charge in [0.25, 0.3) is 0 Å². The Morgan fingerprint density at radius 1 is 1.31 bits per heavy atom. The minimum Gasteiger partial charge on any atom is -0.489 e. The highest BCUT2D eigenvalue weighted by atomic mass is 19.4. The van der Waals surface area contributed by atoms with Crippen LogP contribution in [0.15, 0.2) is 49.1 Å². The van der Waals surface area contributed by atoms with E-state index >= 15 is 0 Å². The van der Waals surface area contributed by atoms with Crippen LogP contribution in [0.1, 0.15) is 22.3 Å². The zero-order valence-electron chi connectivity index (χ0n) is 14.3. The Bertz CT molecular complexity index is 859. The number of hydrogen-bond acceptors (Lipinski definition) is 2. The Morgan fingerprint density at radius 3 is 2.77 bits per heavy atom. The molecule has 0 saturated carbocycles. The summed E-state index contributed by atoms with van der Waals surface area (Å²) in [6, 6.07) is 9.24. The largest absolute Gasteiger partial charge is 0.489 e. The molecular formula is C20H18F3NO2. The minimum absolute atomic E-state index is 0.0244. The van der Waals surface area contributed by atoms with Crippen molar-refractivity contribution >= 4 is 11.6 Å². The summed E-state index contributed by atoms with van der Waals surface area (Å²) in [6.45, 7) is 5.68. The molecule has 2 aromatic carbocycles. The lowest BCUT2D eigenvalue weighted by Gasteiger charge is -2.16. The van der Waals surface area contributed by atoms with Crippen LogP contribution in [0.4, 0.5) is 18.9 Å². The van der Waals surface area contributed by atoms with E-state index in [0.717, 1.165) is 23.4 Å². The zero-order chi connectivity index (χ0) is 18.9. The van der Waals surface area contributed by atoms with E-state index in [2.05, 4.69) is 6.58 Å². The van der Waals surface area contributed by atoms with Crippen LogP contribution in [0, 0.1) is 6.92 Å². The number of fused-ring (bicyclic) bond motifs is 1. The number of carbonyl (C=O) groups is 1. The van der Waals surface area contributed by atoms with Gasteiger partial charge in [-0.3, -0.25) is 4.79 Å².